The summed E-state index contributed by atoms with van der Waals surface area (Å²) < 4.78 is 60.5. The van der Waals surface area contributed by atoms with Gasteiger partial charge in [0.15, 0.2) is 0 Å². The average Bonchev–Trinajstić information content (AvgIpc) is 3.21. The quantitative estimate of drug-likeness (QED) is 0.447. The van der Waals surface area contributed by atoms with E-state index in [1.54, 1.807) is 6.26 Å². The van der Waals surface area contributed by atoms with Gasteiger partial charge in [0.05, 0.1) is 22.2 Å². The smallest absolute Gasteiger partial charge is 0.416 e. The number of hydrogen-bond donors (Lipinski definition) is 1. The van der Waals surface area contributed by atoms with Crippen molar-refractivity contribution in [2.75, 3.05) is 19.4 Å². The van der Waals surface area contributed by atoms with Crippen LogP contribution in [0.15, 0.2) is 36.4 Å². The van der Waals surface area contributed by atoms with Crippen LogP contribution < -0.4 is 9.46 Å². The largest absolute Gasteiger partial charge is 0.490 e. The lowest BCUT2D eigenvalue weighted by Gasteiger charge is -2.25. The number of ether oxygens (including phenoxy) is 1. The highest BCUT2D eigenvalue weighted by Crippen LogP contribution is 2.31. The number of nitrogens with zero attached hydrogens (tertiary/aromatic N) is 1. The highest BCUT2D eigenvalue weighted by atomic mass is 35.5. The molecule has 2 amide bonds. The molecule has 1 aliphatic heterocycles. The van der Waals surface area contributed by atoms with Crippen LogP contribution in [0.3, 0.4) is 0 Å². The molecule has 32 heavy (non-hydrogen) atoms. The molecule has 1 unspecified atom stereocenters. The van der Waals surface area contributed by atoms with Crippen molar-refractivity contribution in [2.45, 2.75) is 25.1 Å². The number of rotatable bonds is 6. The van der Waals surface area contributed by atoms with Gasteiger partial charge in [-0.1, -0.05) is 23.5 Å². The van der Waals surface area contributed by atoms with Crippen molar-refractivity contribution in [3.8, 4) is 5.75 Å². The highest BCUT2D eigenvalue weighted by molar-refractivity contribution is 7.97. The Kier molecular flexibility index (Phi) is 7.55. The maximum Gasteiger partial charge on any atom is 0.416 e. The standard InChI is InChI=1S/C21H19ClF4N2O3S/c1-32-27-19(29)15-9-16(22)18(10-17(15)23)31-11-14-3-2-8-28(14)20(30)12-4-6-13(7-5-12)21(24,25)26/h4-7,9-10,14H,2-3,8,11H2,1H3,(H,27,29). The fraction of sp³-hybridized carbons (Fsp3) is 0.333. The van der Waals surface area contributed by atoms with E-state index in [2.05, 4.69) is 4.72 Å². The average molecular weight is 491 g/mol. The van der Waals surface area contributed by atoms with Crippen LogP contribution in [0.25, 0.3) is 0 Å². The van der Waals surface area contributed by atoms with Gasteiger partial charge in [-0.05, 0) is 43.2 Å². The van der Waals surface area contributed by atoms with Gasteiger partial charge in [-0.15, -0.1) is 0 Å². The summed E-state index contributed by atoms with van der Waals surface area (Å²) in [5, 5.41) is 0.0382. The van der Waals surface area contributed by atoms with Crippen molar-refractivity contribution < 1.29 is 31.9 Å². The van der Waals surface area contributed by atoms with E-state index >= 15 is 0 Å². The minimum absolute atomic E-state index is 0.0158. The first kappa shape index (κ1) is 24.2. The molecule has 1 heterocycles. The lowest BCUT2D eigenvalue weighted by Crippen LogP contribution is -2.39. The predicted molar refractivity (Wildman–Crippen MR) is 113 cm³/mol. The number of benzene rings is 2. The minimum atomic E-state index is -4.48. The Labute approximate surface area is 191 Å². The maximum atomic E-state index is 14.3. The molecule has 0 spiro atoms. The summed E-state index contributed by atoms with van der Waals surface area (Å²) in [6, 6.07) is 5.84. The van der Waals surface area contributed by atoms with Gasteiger partial charge in [0, 0.05) is 24.4 Å². The van der Waals surface area contributed by atoms with Gasteiger partial charge in [0.25, 0.3) is 11.8 Å². The number of halogens is 5. The molecule has 5 nitrogen and oxygen atoms in total. The second kappa shape index (κ2) is 9.99. The molecule has 11 heteroatoms. The zero-order chi connectivity index (χ0) is 23.5. The van der Waals surface area contributed by atoms with Gasteiger partial charge in [-0.2, -0.15) is 13.2 Å². The van der Waals surface area contributed by atoms with Gasteiger partial charge in [0.2, 0.25) is 0 Å². The third-order valence-electron chi connectivity index (χ3n) is 4.99. The summed E-state index contributed by atoms with van der Waals surface area (Å²) in [5.41, 5.74) is -0.920. The minimum Gasteiger partial charge on any atom is -0.490 e. The Bertz CT molecular complexity index is 1000. The number of carbonyl (C=O) groups excluding carboxylic acids is 2. The molecule has 0 saturated carbocycles. The third-order valence-corrected chi connectivity index (χ3v) is 5.67. The molecular weight excluding hydrogens is 472 g/mol. The SMILES string of the molecule is CSNC(=O)c1cc(Cl)c(OCC2CCCN2C(=O)c2ccc(C(F)(F)F)cc2)cc1F. The Morgan fingerprint density at radius 2 is 1.94 bits per heavy atom. The molecule has 1 fully saturated rings. The third kappa shape index (κ3) is 5.47. The van der Waals surface area contributed by atoms with E-state index < -0.39 is 29.4 Å². The summed E-state index contributed by atoms with van der Waals surface area (Å²) >= 11 is 7.15. The van der Waals surface area contributed by atoms with Crippen LogP contribution in [0.1, 0.15) is 39.1 Å². The summed E-state index contributed by atoms with van der Waals surface area (Å²) in [6.45, 7) is 0.436. The van der Waals surface area contributed by atoms with Gasteiger partial charge in [0.1, 0.15) is 18.2 Å². The van der Waals surface area contributed by atoms with Crippen molar-refractivity contribution in [1.29, 1.82) is 0 Å². The molecule has 1 N–H and O–H groups in total. The van der Waals surface area contributed by atoms with E-state index in [0.717, 1.165) is 48.3 Å². The molecule has 1 saturated heterocycles. The molecule has 0 radical (unpaired) electrons. The van der Waals surface area contributed by atoms with E-state index in [0.29, 0.717) is 19.4 Å². The maximum absolute atomic E-state index is 14.3. The number of alkyl halides is 3. The number of amides is 2. The fourth-order valence-corrected chi connectivity index (χ4v) is 3.90. The zero-order valence-corrected chi connectivity index (χ0v) is 18.4. The molecule has 172 valence electrons. The van der Waals surface area contributed by atoms with Crippen molar-refractivity contribution in [3.05, 3.63) is 63.9 Å². The molecule has 2 aromatic carbocycles. The summed E-state index contributed by atoms with van der Waals surface area (Å²) in [7, 11) is 0. The Balaban J connectivity index is 1.68. The van der Waals surface area contributed by atoms with Crippen LogP contribution in [0.2, 0.25) is 5.02 Å². The Morgan fingerprint density at radius 3 is 2.56 bits per heavy atom. The predicted octanol–water partition coefficient (Wildman–Crippen LogP) is 5.19. The first-order valence-electron chi connectivity index (χ1n) is 9.55. The van der Waals surface area contributed by atoms with E-state index in [9.17, 15) is 27.2 Å². The lowest BCUT2D eigenvalue weighted by atomic mass is 10.1. The number of likely N-dealkylation sites (tertiary alicyclic amines) is 1. The molecule has 0 aromatic heterocycles. The van der Waals surface area contributed by atoms with E-state index in [4.69, 9.17) is 16.3 Å². The van der Waals surface area contributed by atoms with Crippen LogP contribution in [-0.4, -0.2) is 42.2 Å². The van der Waals surface area contributed by atoms with Gasteiger partial charge < -0.3 is 9.64 Å². The lowest BCUT2D eigenvalue weighted by molar-refractivity contribution is -0.137. The summed E-state index contributed by atoms with van der Waals surface area (Å²) in [6.07, 6.45) is -1.56. The Morgan fingerprint density at radius 1 is 1.25 bits per heavy atom. The molecular formula is C21H19ClF4N2O3S. The van der Waals surface area contributed by atoms with Crippen LogP contribution >= 0.6 is 23.5 Å². The zero-order valence-electron chi connectivity index (χ0n) is 16.8. The Hall–Kier alpha value is -2.46. The van der Waals surface area contributed by atoms with Crippen LogP contribution in [0, 0.1) is 5.82 Å². The molecule has 1 atom stereocenters. The fourth-order valence-electron chi connectivity index (χ4n) is 3.39. The monoisotopic (exact) mass is 490 g/mol. The first-order chi connectivity index (χ1) is 15.1. The summed E-state index contributed by atoms with van der Waals surface area (Å²) in [5.74, 6) is -1.82. The molecule has 2 aromatic rings. The van der Waals surface area contributed by atoms with Crippen LogP contribution in [0.4, 0.5) is 17.6 Å². The molecule has 3 rings (SSSR count). The van der Waals surface area contributed by atoms with Crippen molar-refractivity contribution in [1.82, 2.24) is 9.62 Å². The normalized spacial score (nSPS) is 16.2. The van der Waals surface area contributed by atoms with E-state index in [-0.39, 0.29) is 34.5 Å². The highest BCUT2D eigenvalue weighted by Gasteiger charge is 2.33. The first-order valence-corrected chi connectivity index (χ1v) is 11.2. The molecule has 0 bridgehead atoms. The van der Waals surface area contributed by atoms with Crippen molar-refractivity contribution >= 4 is 35.4 Å². The number of carbonyl (C=O) groups is 2. The summed E-state index contributed by atoms with van der Waals surface area (Å²) in [4.78, 5) is 26.2. The van der Waals surface area contributed by atoms with Gasteiger partial charge in [-0.3, -0.25) is 14.3 Å². The van der Waals surface area contributed by atoms with E-state index in [1.807, 2.05) is 0 Å². The van der Waals surface area contributed by atoms with E-state index in [1.165, 1.54) is 4.90 Å². The topological polar surface area (TPSA) is 58.6 Å². The molecule has 0 aliphatic carbocycles. The molecule has 1 aliphatic rings. The second-order valence-electron chi connectivity index (χ2n) is 7.08. The second-order valence-corrected chi connectivity index (χ2v) is 8.10. The van der Waals surface area contributed by atoms with Crippen LogP contribution in [0.5, 0.6) is 5.75 Å². The van der Waals surface area contributed by atoms with Crippen molar-refractivity contribution in [3.63, 3.8) is 0 Å². The van der Waals surface area contributed by atoms with Gasteiger partial charge >= 0.3 is 6.18 Å². The van der Waals surface area contributed by atoms with Gasteiger partial charge in [-0.25, -0.2) is 4.39 Å². The number of nitrogens with one attached hydrogen (secondary N) is 1. The van der Waals surface area contributed by atoms with Crippen LogP contribution in [-0.2, 0) is 6.18 Å². The number of hydrogen-bond acceptors (Lipinski definition) is 4. The van der Waals surface area contributed by atoms with Crippen molar-refractivity contribution in [2.24, 2.45) is 0 Å².